The van der Waals surface area contributed by atoms with Gasteiger partial charge in [-0.15, -0.1) is 11.3 Å². The van der Waals surface area contributed by atoms with Crippen LogP contribution in [0.5, 0.6) is 0 Å². The Labute approximate surface area is 111 Å². The Hall–Kier alpha value is -1.67. The summed E-state index contributed by atoms with van der Waals surface area (Å²) >= 11 is 0.560. The fourth-order valence-electron chi connectivity index (χ4n) is 1.42. The molecule has 0 unspecified atom stereocenters. The average molecular weight is 289 g/mol. The predicted octanol–water partition coefficient (Wildman–Crippen LogP) is 2.66. The molecule has 0 aliphatic heterocycles. The molecule has 2 rings (SSSR count). The molecule has 2 heterocycles. The van der Waals surface area contributed by atoms with Crippen LogP contribution < -0.4 is 5.32 Å². The summed E-state index contributed by atoms with van der Waals surface area (Å²) in [6.45, 7) is -0.0268. The first-order chi connectivity index (χ1) is 9.00. The van der Waals surface area contributed by atoms with Crippen LogP contribution in [0, 0.1) is 0 Å². The normalized spacial score (nSPS) is 11.6. The van der Waals surface area contributed by atoms with Crippen LogP contribution in [0.25, 0.3) is 0 Å². The van der Waals surface area contributed by atoms with E-state index in [1.807, 2.05) is 0 Å². The molecule has 0 radical (unpaired) electrons. The summed E-state index contributed by atoms with van der Waals surface area (Å²) < 4.78 is 37.1. The maximum Gasteiger partial charge on any atom is 0.443 e. The molecular weight excluding hydrogens is 279 g/mol. The second-order valence-electron chi connectivity index (χ2n) is 3.69. The molecule has 0 aromatic carbocycles. The lowest BCUT2D eigenvalue weighted by atomic mass is 10.2. The molecule has 0 aliphatic rings. The van der Waals surface area contributed by atoms with Gasteiger partial charge in [-0.1, -0.05) is 0 Å². The number of nitrogens with zero attached hydrogens (tertiary/aromatic N) is 2. The highest BCUT2D eigenvalue weighted by Gasteiger charge is 2.34. The zero-order valence-corrected chi connectivity index (χ0v) is 10.4. The second kappa shape index (κ2) is 5.54. The number of thiazole rings is 1. The van der Waals surface area contributed by atoms with Gasteiger partial charge in [0.1, 0.15) is 0 Å². The summed E-state index contributed by atoms with van der Waals surface area (Å²) in [6.07, 6.45) is -1.38. The van der Waals surface area contributed by atoms with E-state index in [4.69, 9.17) is 5.11 Å². The molecule has 4 nitrogen and oxygen atoms in total. The molecule has 8 heteroatoms. The fourth-order valence-corrected chi connectivity index (χ4v) is 2.11. The first-order valence-corrected chi connectivity index (χ1v) is 6.18. The van der Waals surface area contributed by atoms with Crippen molar-refractivity contribution in [2.75, 3.05) is 5.32 Å². The lowest BCUT2D eigenvalue weighted by Gasteiger charge is -2.08. The zero-order chi connectivity index (χ0) is 13.9. The molecule has 0 saturated carbocycles. The Kier molecular flexibility index (Phi) is 4.01. The van der Waals surface area contributed by atoms with Gasteiger partial charge in [-0.3, -0.25) is 4.98 Å². The van der Waals surface area contributed by atoms with Gasteiger partial charge in [0.2, 0.25) is 0 Å². The van der Waals surface area contributed by atoms with Crippen LogP contribution >= 0.6 is 11.3 Å². The standard InChI is InChI=1S/C11H10F3N3OS/c12-11(13,14)10-17-8(6-19-10)3-16-9-4-15-2-1-7(9)5-18/h1-2,4,6,16,18H,3,5H2. The van der Waals surface area contributed by atoms with Crippen LogP contribution in [0.1, 0.15) is 16.3 Å². The molecule has 0 amide bonds. The molecular formula is C11H10F3N3OS. The SMILES string of the molecule is OCc1ccncc1NCc1csc(C(F)(F)F)n1. The third kappa shape index (κ3) is 3.42. The van der Waals surface area contributed by atoms with Gasteiger partial charge < -0.3 is 10.4 Å². The van der Waals surface area contributed by atoms with Crippen LogP contribution in [-0.4, -0.2) is 15.1 Å². The maximum absolute atomic E-state index is 12.4. The molecule has 19 heavy (non-hydrogen) atoms. The highest BCUT2D eigenvalue weighted by molar-refractivity contribution is 7.09. The van der Waals surface area contributed by atoms with E-state index in [2.05, 4.69) is 15.3 Å². The Bertz CT molecular complexity index is 556. The summed E-state index contributed by atoms with van der Waals surface area (Å²) in [5.74, 6) is 0. The van der Waals surface area contributed by atoms with E-state index < -0.39 is 11.2 Å². The number of anilines is 1. The molecule has 0 fully saturated rings. The van der Waals surface area contributed by atoms with Crippen LogP contribution in [0.2, 0.25) is 0 Å². The van der Waals surface area contributed by atoms with Crippen molar-refractivity contribution in [3.05, 3.63) is 40.1 Å². The Morgan fingerprint density at radius 3 is 2.79 bits per heavy atom. The first kappa shape index (κ1) is 13.8. The van der Waals surface area contributed by atoms with E-state index >= 15 is 0 Å². The van der Waals surface area contributed by atoms with Crippen LogP contribution in [-0.2, 0) is 19.3 Å². The van der Waals surface area contributed by atoms with E-state index in [-0.39, 0.29) is 13.2 Å². The van der Waals surface area contributed by atoms with Crippen molar-refractivity contribution in [3.63, 3.8) is 0 Å². The minimum atomic E-state index is -4.41. The van der Waals surface area contributed by atoms with E-state index in [1.54, 1.807) is 6.07 Å². The van der Waals surface area contributed by atoms with Gasteiger partial charge in [-0.25, -0.2) is 4.98 Å². The van der Waals surface area contributed by atoms with E-state index in [0.717, 1.165) is 0 Å². The highest BCUT2D eigenvalue weighted by Crippen LogP contribution is 2.31. The van der Waals surface area contributed by atoms with Gasteiger partial charge in [0.15, 0.2) is 5.01 Å². The van der Waals surface area contributed by atoms with Crippen LogP contribution in [0.3, 0.4) is 0 Å². The van der Waals surface area contributed by atoms with Crippen molar-refractivity contribution in [1.29, 1.82) is 0 Å². The van der Waals surface area contributed by atoms with Gasteiger partial charge in [0.05, 0.1) is 30.7 Å². The number of hydrogen-bond acceptors (Lipinski definition) is 5. The number of halogens is 3. The summed E-state index contributed by atoms with van der Waals surface area (Å²) in [4.78, 5) is 7.38. The van der Waals surface area contributed by atoms with Gasteiger partial charge in [-0.2, -0.15) is 13.2 Å². The fraction of sp³-hybridized carbons (Fsp3) is 0.273. The average Bonchev–Trinajstić information content (AvgIpc) is 2.85. The van der Waals surface area contributed by atoms with E-state index in [1.165, 1.54) is 17.8 Å². The van der Waals surface area contributed by atoms with Crippen LogP contribution in [0.15, 0.2) is 23.8 Å². The van der Waals surface area contributed by atoms with Crippen LogP contribution in [0.4, 0.5) is 18.9 Å². The van der Waals surface area contributed by atoms with E-state index in [0.29, 0.717) is 28.3 Å². The molecule has 0 bridgehead atoms. The number of pyridine rings is 1. The third-order valence-corrected chi connectivity index (χ3v) is 3.27. The predicted molar refractivity (Wildman–Crippen MR) is 64.6 cm³/mol. The summed E-state index contributed by atoms with van der Waals surface area (Å²) in [5, 5.41) is 12.5. The molecule has 102 valence electrons. The Morgan fingerprint density at radius 1 is 1.37 bits per heavy atom. The number of hydrogen-bond donors (Lipinski definition) is 2. The van der Waals surface area contributed by atoms with Crippen molar-refractivity contribution in [2.45, 2.75) is 19.3 Å². The number of alkyl halides is 3. The van der Waals surface area contributed by atoms with Crippen molar-refractivity contribution in [1.82, 2.24) is 9.97 Å². The summed E-state index contributed by atoms with van der Waals surface area (Å²) in [7, 11) is 0. The Balaban J connectivity index is 2.05. The molecule has 0 spiro atoms. The number of aliphatic hydroxyl groups excluding tert-OH is 1. The number of aliphatic hydroxyl groups is 1. The lowest BCUT2D eigenvalue weighted by molar-refractivity contribution is -0.137. The number of aromatic nitrogens is 2. The van der Waals surface area contributed by atoms with Gasteiger partial charge in [-0.05, 0) is 6.07 Å². The summed E-state index contributed by atoms with van der Waals surface area (Å²) in [6, 6.07) is 1.63. The molecule has 2 N–H and O–H groups in total. The monoisotopic (exact) mass is 289 g/mol. The molecule has 2 aromatic rings. The minimum Gasteiger partial charge on any atom is -0.392 e. The van der Waals surface area contributed by atoms with Crippen molar-refractivity contribution >= 4 is 17.0 Å². The lowest BCUT2D eigenvalue weighted by Crippen LogP contribution is -2.06. The zero-order valence-electron chi connectivity index (χ0n) is 9.61. The highest BCUT2D eigenvalue weighted by atomic mass is 32.1. The largest absolute Gasteiger partial charge is 0.443 e. The van der Waals surface area contributed by atoms with Gasteiger partial charge >= 0.3 is 6.18 Å². The smallest absolute Gasteiger partial charge is 0.392 e. The van der Waals surface area contributed by atoms with Gasteiger partial charge in [0.25, 0.3) is 0 Å². The number of rotatable bonds is 4. The Morgan fingerprint density at radius 2 is 2.16 bits per heavy atom. The molecule has 0 saturated heterocycles. The summed E-state index contributed by atoms with van der Waals surface area (Å²) in [5.41, 5.74) is 1.50. The molecule has 0 atom stereocenters. The topological polar surface area (TPSA) is 58.0 Å². The minimum absolute atomic E-state index is 0.144. The molecule has 2 aromatic heterocycles. The van der Waals surface area contributed by atoms with Gasteiger partial charge in [0, 0.05) is 17.1 Å². The van der Waals surface area contributed by atoms with E-state index in [9.17, 15) is 13.2 Å². The van der Waals surface area contributed by atoms with Crippen molar-refractivity contribution in [2.24, 2.45) is 0 Å². The van der Waals surface area contributed by atoms with Crippen molar-refractivity contribution < 1.29 is 18.3 Å². The maximum atomic E-state index is 12.4. The quantitative estimate of drug-likeness (QED) is 0.908. The number of nitrogens with one attached hydrogen (secondary N) is 1. The first-order valence-electron chi connectivity index (χ1n) is 5.30. The molecule has 0 aliphatic carbocycles. The van der Waals surface area contributed by atoms with Crippen molar-refractivity contribution in [3.8, 4) is 0 Å². The second-order valence-corrected chi connectivity index (χ2v) is 4.54. The third-order valence-electron chi connectivity index (χ3n) is 2.34.